The van der Waals surface area contributed by atoms with Crippen molar-refractivity contribution >= 4 is 22.6 Å². The summed E-state index contributed by atoms with van der Waals surface area (Å²) in [6.07, 6.45) is 3.20. The molecule has 1 aromatic carbocycles. The van der Waals surface area contributed by atoms with Crippen LogP contribution in [0.15, 0.2) is 66.1 Å². The maximum atomic E-state index is 12.2. The van der Waals surface area contributed by atoms with E-state index in [0.717, 1.165) is 49.4 Å². The zero-order chi connectivity index (χ0) is 23.4. The Balaban J connectivity index is 1.39. The number of hydrogen-bond donors (Lipinski definition) is 1. The Kier molecular flexibility index (Phi) is 6.89. The number of nitrogens with one attached hydrogen (secondary N) is 1. The van der Waals surface area contributed by atoms with E-state index in [4.69, 9.17) is 0 Å². The summed E-state index contributed by atoms with van der Waals surface area (Å²) in [6.45, 7) is 12.4. The number of aromatic nitrogens is 2. The molecule has 2 aromatic heterocycles. The molecular formula is C26H31N5O2. The minimum Gasteiger partial charge on any atom is -0.363 e. The zero-order valence-electron chi connectivity index (χ0n) is 19.3. The van der Waals surface area contributed by atoms with Gasteiger partial charge >= 0.3 is 0 Å². The van der Waals surface area contributed by atoms with Gasteiger partial charge in [-0.15, -0.1) is 0 Å². The molecule has 1 amide bonds. The van der Waals surface area contributed by atoms with Gasteiger partial charge in [0.05, 0.1) is 5.52 Å². The van der Waals surface area contributed by atoms with E-state index in [0.29, 0.717) is 6.54 Å². The maximum Gasteiger partial charge on any atom is 0.251 e. The molecule has 0 spiro atoms. The number of hydrogen-bond acceptors (Lipinski definition) is 5. The molecule has 4 rings (SSSR count). The van der Waals surface area contributed by atoms with Gasteiger partial charge in [-0.3, -0.25) is 14.5 Å². The summed E-state index contributed by atoms with van der Waals surface area (Å²) >= 11 is 0. The normalized spacial score (nSPS) is 15.4. The first kappa shape index (κ1) is 22.7. The molecule has 7 nitrogen and oxygen atoms in total. The van der Waals surface area contributed by atoms with Crippen molar-refractivity contribution in [2.75, 3.05) is 31.5 Å². The molecule has 1 aliphatic rings. The van der Waals surface area contributed by atoms with Crippen molar-refractivity contribution in [3.8, 4) is 0 Å². The minimum absolute atomic E-state index is 0.000458. The number of carbonyl (C=O) groups excluding carboxylic acids is 1. The second-order valence-electron chi connectivity index (χ2n) is 8.46. The molecule has 0 bridgehead atoms. The molecule has 1 atom stereocenters. The van der Waals surface area contributed by atoms with Crippen molar-refractivity contribution in [1.82, 2.24) is 19.4 Å². The summed E-state index contributed by atoms with van der Waals surface area (Å²) < 4.78 is 1.76. The summed E-state index contributed by atoms with van der Waals surface area (Å²) in [5.74, 6) is 0.762. The van der Waals surface area contributed by atoms with Crippen LogP contribution in [0.1, 0.15) is 31.0 Å². The highest BCUT2D eigenvalue weighted by Gasteiger charge is 2.19. The van der Waals surface area contributed by atoms with Crippen molar-refractivity contribution < 1.29 is 4.79 Å². The highest BCUT2D eigenvalue weighted by Crippen LogP contribution is 2.22. The number of rotatable bonds is 7. The van der Waals surface area contributed by atoms with Crippen LogP contribution >= 0.6 is 0 Å². The SMILES string of the molecule is C=CC(=O)N1CCN(Cc2ccc([C@H](C)Nc3cc4c(ccc(=O)n4CC)cn3)cc2)CC1. The predicted molar refractivity (Wildman–Crippen MR) is 132 cm³/mol. The van der Waals surface area contributed by atoms with Crippen LogP contribution in [0.25, 0.3) is 10.9 Å². The second kappa shape index (κ2) is 10.0. The number of amides is 1. The van der Waals surface area contributed by atoms with E-state index in [1.54, 1.807) is 16.8 Å². The van der Waals surface area contributed by atoms with E-state index in [9.17, 15) is 9.59 Å². The van der Waals surface area contributed by atoms with Gasteiger partial charge in [-0.2, -0.15) is 0 Å². The lowest BCUT2D eigenvalue weighted by Crippen LogP contribution is -2.47. The van der Waals surface area contributed by atoms with Crippen LogP contribution in [0.4, 0.5) is 5.82 Å². The van der Waals surface area contributed by atoms with Gasteiger partial charge in [-0.25, -0.2) is 4.98 Å². The molecular weight excluding hydrogens is 414 g/mol. The Morgan fingerprint density at radius 1 is 1.15 bits per heavy atom. The Bertz CT molecular complexity index is 1190. The maximum absolute atomic E-state index is 12.2. The van der Waals surface area contributed by atoms with E-state index in [1.165, 1.54) is 17.2 Å². The van der Waals surface area contributed by atoms with Gasteiger partial charge in [0.2, 0.25) is 5.91 Å². The summed E-state index contributed by atoms with van der Waals surface area (Å²) in [5, 5.41) is 4.41. The lowest BCUT2D eigenvalue weighted by molar-refractivity contribution is -0.127. The standard InChI is InChI=1S/C26H31N5O2/c1-4-25(32)30-14-12-29(13-15-30)18-20-6-8-21(9-7-20)19(3)28-24-16-23-22(17-27-24)10-11-26(33)31(23)5-2/h4,6-11,16-17,19H,1,5,12-15,18H2,2-3H3,(H,27,28)/t19-/m0/s1. The zero-order valence-corrected chi connectivity index (χ0v) is 19.3. The van der Waals surface area contributed by atoms with Crippen LogP contribution < -0.4 is 10.9 Å². The average molecular weight is 446 g/mol. The molecule has 1 N–H and O–H groups in total. The molecule has 3 heterocycles. The summed E-state index contributed by atoms with van der Waals surface area (Å²) in [4.78, 5) is 32.6. The van der Waals surface area contributed by atoms with Crippen molar-refractivity contribution in [2.24, 2.45) is 0 Å². The fraction of sp³-hybridized carbons (Fsp3) is 0.346. The number of benzene rings is 1. The van der Waals surface area contributed by atoms with Crippen molar-refractivity contribution in [3.05, 3.63) is 82.8 Å². The number of fused-ring (bicyclic) bond motifs is 1. The first-order valence-corrected chi connectivity index (χ1v) is 11.5. The van der Waals surface area contributed by atoms with Crippen molar-refractivity contribution in [3.63, 3.8) is 0 Å². The molecule has 7 heteroatoms. The summed E-state index contributed by atoms with van der Waals surface area (Å²) in [5.41, 5.74) is 3.31. The van der Waals surface area contributed by atoms with Gasteiger partial charge in [0.25, 0.3) is 5.56 Å². The molecule has 0 radical (unpaired) electrons. The summed E-state index contributed by atoms with van der Waals surface area (Å²) in [7, 11) is 0. The van der Waals surface area contributed by atoms with Crippen LogP contribution in [0.5, 0.6) is 0 Å². The molecule has 1 fully saturated rings. The van der Waals surface area contributed by atoms with Gasteiger partial charge < -0.3 is 14.8 Å². The second-order valence-corrected chi connectivity index (χ2v) is 8.46. The molecule has 33 heavy (non-hydrogen) atoms. The molecule has 3 aromatic rings. The van der Waals surface area contributed by atoms with Crippen LogP contribution in [-0.2, 0) is 17.9 Å². The molecule has 1 saturated heterocycles. The van der Waals surface area contributed by atoms with Gasteiger partial charge in [0.1, 0.15) is 5.82 Å². The van der Waals surface area contributed by atoms with Crippen LogP contribution in [-0.4, -0.2) is 51.4 Å². The lowest BCUT2D eigenvalue weighted by Gasteiger charge is -2.34. The van der Waals surface area contributed by atoms with Crippen LogP contribution in [0.2, 0.25) is 0 Å². The fourth-order valence-corrected chi connectivity index (χ4v) is 4.32. The van der Waals surface area contributed by atoms with Crippen molar-refractivity contribution in [1.29, 1.82) is 0 Å². The molecule has 0 saturated carbocycles. The predicted octanol–water partition coefficient (Wildman–Crippen LogP) is 3.42. The fourth-order valence-electron chi connectivity index (χ4n) is 4.32. The van der Waals surface area contributed by atoms with E-state index >= 15 is 0 Å². The number of anilines is 1. The number of aryl methyl sites for hydroxylation is 1. The Morgan fingerprint density at radius 3 is 2.55 bits per heavy atom. The topological polar surface area (TPSA) is 70.5 Å². The minimum atomic E-state index is -0.000458. The third-order valence-corrected chi connectivity index (χ3v) is 6.30. The Labute approximate surface area is 194 Å². The van der Waals surface area contributed by atoms with Gasteiger partial charge in [-0.1, -0.05) is 30.8 Å². The number of nitrogens with zero attached hydrogens (tertiary/aromatic N) is 4. The highest BCUT2D eigenvalue weighted by atomic mass is 16.2. The molecule has 0 aliphatic carbocycles. The average Bonchev–Trinajstić information content (AvgIpc) is 2.84. The van der Waals surface area contributed by atoms with Crippen LogP contribution in [0.3, 0.4) is 0 Å². The monoisotopic (exact) mass is 445 g/mol. The summed E-state index contributed by atoms with van der Waals surface area (Å²) in [6, 6.07) is 14.0. The smallest absolute Gasteiger partial charge is 0.251 e. The van der Waals surface area contributed by atoms with E-state index in [-0.39, 0.29) is 17.5 Å². The third-order valence-electron chi connectivity index (χ3n) is 6.30. The van der Waals surface area contributed by atoms with Gasteiger partial charge in [0.15, 0.2) is 0 Å². The van der Waals surface area contributed by atoms with E-state index < -0.39 is 0 Å². The Morgan fingerprint density at radius 2 is 1.88 bits per heavy atom. The lowest BCUT2D eigenvalue weighted by atomic mass is 10.1. The third kappa shape index (κ3) is 5.14. The molecule has 1 aliphatic heterocycles. The van der Waals surface area contributed by atoms with Gasteiger partial charge in [-0.05, 0) is 37.1 Å². The van der Waals surface area contributed by atoms with Gasteiger partial charge in [0, 0.05) is 69.0 Å². The molecule has 0 unspecified atom stereocenters. The number of carbonyl (C=O) groups is 1. The van der Waals surface area contributed by atoms with Crippen LogP contribution in [0, 0.1) is 0 Å². The van der Waals surface area contributed by atoms with E-state index in [2.05, 4.69) is 53.0 Å². The Hall–Kier alpha value is -3.45. The first-order valence-electron chi connectivity index (χ1n) is 11.5. The number of pyridine rings is 2. The molecule has 172 valence electrons. The van der Waals surface area contributed by atoms with E-state index in [1.807, 2.05) is 24.0 Å². The highest BCUT2D eigenvalue weighted by molar-refractivity contribution is 5.87. The number of piperazine rings is 1. The largest absolute Gasteiger partial charge is 0.363 e. The first-order chi connectivity index (χ1) is 16.0. The van der Waals surface area contributed by atoms with Crippen molar-refractivity contribution in [2.45, 2.75) is 33.0 Å². The quantitative estimate of drug-likeness (QED) is 0.565.